The van der Waals surface area contributed by atoms with Gasteiger partial charge in [0.1, 0.15) is 0 Å². The normalized spacial score (nSPS) is 13.2. The number of azide groups is 1. The number of unbranched alkanes of at least 4 members (excludes halogenated alkanes) is 16. The first-order chi connectivity index (χ1) is 14.7. The predicted molar refractivity (Wildman–Crippen MR) is 134 cm³/mol. The van der Waals surface area contributed by atoms with Crippen LogP contribution in [0.5, 0.6) is 0 Å². The lowest BCUT2D eigenvalue weighted by Gasteiger charge is -2.10. The Kier molecular flexibility index (Phi) is 23.9. The summed E-state index contributed by atoms with van der Waals surface area (Å²) in [5.74, 6) is 0. The van der Waals surface area contributed by atoms with E-state index in [0.29, 0.717) is 6.04 Å². The van der Waals surface area contributed by atoms with E-state index in [1.807, 2.05) is 0 Å². The maximum absolute atomic E-state index is 8.75. The summed E-state index contributed by atoms with van der Waals surface area (Å²) >= 11 is 0. The summed E-state index contributed by atoms with van der Waals surface area (Å²) in [4.78, 5) is 3.05. The van der Waals surface area contributed by atoms with Gasteiger partial charge in [-0.3, -0.25) is 0 Å². The molecule has 0 saturated carbocycles. The zero-order valence-corrected chi connectivity index (χ0v) is 20.6. The first-order valence-electron chi connectivity index (χ1n) is 13.5. The molecule has 30 heavy (non-hydrogen) atoms. The zero-order valence-electron chi connectivity index (χ0n) is 20.6. The quantitative estimate of drug-likeness (QED) is 0.0714. The highest BCUT2D eigenvalue weighted by molar-refractivity contribution is 4.67. The monoisotopic (exact) mass is 422 g/mol. The van der Waals surface area contributed by atoms with Gasteiger partial charge in [-0.2, -0.15) is 0 Å². The lowest BCUT2D eigenvalue weighted by molar-refractivity contribution is 0.482. The fraction of sp³-hybridized carbons (Fsp3) is 1.00. The van der Waals surface area contributed by atoms with Crippen molar-refractivity contribution in [3.8, 4) is 0 Å². The van der Waals surface area contributed by atoms with Crippen LogP contribution in [-0.4, -0.2) is 12.1 Å². The van der Waals surface area contributed by atoms with Crippen LogP contribution in [0.4, 0.5) is 0 Å². The van der Waals surface area contributed by atoms with Crippen molar-refractivity contribution in [3.63, 3.8) is 0 Å². The van der Waals surface area contributed by atoms with E-state index in [2.05, 4.69) is 23.9 Å². The van der Waals surface area contributed by atoms with E-state index in [4.69, 9.17) is 11.3 Å². The van der Waals surface area contributed by atoms with Crippen molar-refractivity contribution in [1.82, 2.24) is 0 Å². The topological polar surface area (TPSA) is 74.8 Å². The molecule has 0 aromatic rings. The summed E-state index contributed by atoms with van der Waals surface area (Å²) in [6, 6.07) is 0.667. The molecule has 0 amide bonds. The molecule has 0 saturated heterocycles. The Morgan fingerprint density at radius 1 is 0.600 bits per heavy atom. The van der Waals surface area contributed by atoms with Crippen molar-refractivity contribution in [2.75, 3.05) is 0 Å². The van der Waals surface area contributed by atoms with Gasteiger partial charge in [-0.1, -0.05) is 135 Å². The summed E-state index contributed by atoms with van der Waals surface area (Å²) in [6.45, 7) is 4.42. The first kappa shape index (κ1) is 29.3. The molecule has 0 radical (unpaired) electrons. The van der Waals surface area contributed by atoms with Crippen molar-refractivity contribution < 1.29 is 0 Å². The Labute approximate surface area is 188 Å². The fourth-order valence-corrected chi connectivity index (χ4v) is 4.25. The number of hydrogen-bond acceptors (Lipinski definition) is 2. The van der Waals surface area contributed by atoms with Crippen LogP contribution in [0.1, 0.15) is 155 Å². The van der Waals surface area contributed by atoms with Crippen LogP contribution in [0.25, 0.3) is 10.4 Å². The van der Waals surface area contributed by atoms with Crippen LogP contribution >= 0.6 is 0 Å². The summed E-state index contributed by atoms with van der Waals surface area (Å²) in [7, 11) is 0. The molecule has 0 spiro atoms. The van der Waals surface area contributed by atoms with Crippen LogP contribution in [0, 0.1) is 0 Å². The molecule has 2 N–H and O–H groups in total. The molecule has 0 fully saturated rings. The van der Waals surface area contributed by atoms with E-state index in [1.165, 1.54) is 122 Å². The number of nitrogens with two attached hydrogens (primary N) is 1. The minimum Gasteiger partial charge on any atom is -0.328 e. The minimum absolute atomic E-state index is 0.237. The van der Waals surface area contributed by atoms with Crippen molar-refractivity contribution in [2.45, 2.75) is 167 Å². The SMILES string of the molecule is CCCCCCC(CCCCCCCCCCCCCCCCC(N)CC)N=[N+]=[N-]. The third kappa shape index (κ3) is 22.0. The molecule has 0 aliphatic heterocycles. The molecular formula is C26H54N4. The van der Waals surface area contributed by atoms with Gasteiger partial charge in [0.05, 0.1) is 0 Å². The number of rotatable bonds is 24. The molecule has 2 unspecified atom stereocenters. The van der Waals surface area contributed by atoms with E-state index in [1.54, 1.807) is 0 Å². The van der Waals surface area contributed by atoms with Crippen molar-refractivity contribution in [1.29, 1.82) is 0 Å². The van der Waals surface area contributed by atoms with Gasteiger partial charge >= 0.3 is 0 Å². The maximum atomic E-state index is 8.75. The van der Waals surface area contributed by atoms with Gasteiger partial charge in [0.2, 0.25) is 0 Å². The molecule has 0 bridgehead atoms. The third-order valence-corrected chi connectivity index (χ3v) is 6.49. The summed E-state index contributed by atoms with van der Waals surface area (Å²) in [6.07, 6.45) is 28.8. The van der Waals surface area contributed by atoms with E-state index in [-0.39, 0.29) is 6.04 Å². The van der Waals surface area contributed by atoms with Crippen molar-refractivity contribution in [3.05, 3.63) is 10.4 Å². The lowest BCUT2D eigenvalue weighted by atomic mass is 10.0. The zero-order chi connectivity index (χ0) is 22.1. The molecule has 0 heterocycles. The standard InChI is InChI=1S/C26H54N4/c1-3-5-6-20-23-26(29-30-28)24-21-18-16-14-12-10-8-7-9-11-13-15-17-19-22-25(27)4-2/h25-26H,3-24,27H2,1-2H3. The largest absolute Gasteiger partial charge is 0.328 e. The van der Waals surface area contributed by atoms with Crippen molar-refractivity contribution in [2.24, 2.45) is 10.8 Å². The molecule has 0 aromatic heterocycles. The molecule has 4 nitrogen and oxygen atoms in total. The second-order valence-electron chi connectivity index (χ2n) is 9.40. The Morgan fingerprint density at radius 3 is 1.33 bits per heavy atom. The first-order valence-corrected chi connectivity index (χ1v) is 13.5. The Morgan fingerprint density at radius 2 is 0.967 bits per heavy atom. The predicted octanol–water partition coefficient (Wildman–Crippen LogP) is 9.61. The second kappa shape index (κ2) is 24.5. The van der Waals surface area contributed by atoms with Crippen LogP contribution < -0.4 is 5.73 Å². The fourth-order valence-electron chi connectivity index (χ4n) is 4.25. The average molecular weight is 423 g/mol. The van der Waals surface area contributed by atoms with Crippen LogP contribution in [0.2, 0.25) is 0 Å². The van der Waals surface area contributed by atoms with Crippen LogP contribution in [-0.2, 0) is 0 Å². The van der Waals surface area contributed by atoms with E-state index in [9.17, 15) is 0 Å². The van der Waals surface area contributed by atoms with Crippen molar-refractivity contribution >= 4 is 0 Å². The molecule has 4 heteroatoms. The smallest absolute Gasteiger partial charge is 0.0374 e. The lowest BCUT2D eigenvalue weighted by Crippen LogP contribution is -2.17. The van der Waals surface area contributed by atoms with Gasteiger partial charge in [0.15, 0.2) is 0 Å². The van der Waals surface area contributed by atoms with Gasteiger partial charge in [-0.05, 0) is 31.2 Å². The molecule has 178 valence electrons. The summed E-state index contributed by atoms with van der Waals surface area (Å²) in [5, 5.41) is 4.01. The molecular weight excluding hydrogens is 368 g/mol. The Balaban J connectivity index is 3.30. The Hall–Kier alpha value is -0.730. The van der Waals surface area contributed by atoms with Gasteiger partial charge in [0.25, 0.3) is 0 Å². The van der Waals surface area contributed by atoms with Gasteiger partial charge in [0, 0.05) is 17.0 Å². The van der Waals surface area contributed by atoms with Gasteiger partial charge in [-0.15, -0.1) is 0 Å². The number of nitrogens with zero attached hydrogens (tertiary/aromatic N) is 3. The van der Waals surface area contributed by atoms with Gasteiger partial charge < -0.3 is 5.73 Å². The van der Waals surface area contributed by atoms with E-state index < -0.39 is 0 Å². The molecule has 0 aliphatic carbocycles. The highest BCUT2D eigenvalue weighted by Gasteiger charge is 2.06. The van der Waals surface area contributed by atoms with E-state index in [0.717, 1.165) is 19.3 Å². The molecule has 0 rings (SSSR count). The van der Waals surface area contributed by atoms with Gasteiger partial charge in [-0.25, -0.2) is 0 Å². The Bertz CT molecular complexity index is 379. The molecule has 0 aromatic carbocycles. The van der Waals surface area contributed by atoms with E-state index >= 15 is 0 Å². The summed E-state index contributed by atoms with van der Waals surface area (Å²) < 4.78 is 0. The second-order valence-corrected chi connectivity index (χ2v) is 9.40. The van der Waals surface area contributed by atoms with Crippen LogP contribution in [0.15, 0.2) is 5.11 Å². The molecule has 0 aliphatic rings. The molecule has 2 atom stereocenters. The summed E-state index contributed by atoms with van der Waals surface area (Å²) in [5.41, 5.74) is 14.7. The highest BCUT2D eigenvalue weighted by atomic mass is 15.1. The number of hydrogen-bond donors (Lipinski definition) is 1. The third-order valence-electron chi connectivity index (χ3n) is 6.49. The van der Waals surface area contributed by atoms with Crippen LogP contribution in [0.3, 0.4) is 0 Å². The highest BCUT2D eigenvalue weighted by Crippen LogP contribution is 2.17. The minimum atomic E-state index is 0.237. The average Bonchev–Trinajstić information content (AvgIpc) is 2.75. The maximum Gasteiger partial charge on any atom is 0.0374 e.